The summed E-state index contributed by atoms with van der Waals surface area (Å²) in [5.41, 5.74) is 3.50. The Balaban J connectivity index is 2.85. The molecule has 0 heterocycles. The van der Waals surface area contributed by atoms with Gasteiger partial charge in [-0.25, -0.2) is 0 Å². The van der Waals surface area contributed by atoms with Gasteiger partial charge in [-0.15, -0.1) is 0 Å². The standard InChI is InChI=1S/C21H20/c1-5-17(3)21(18(4)6-2,19-13-9-7-10-14-19)20-15-11-8-12-16-20/h5-16H,1-4H2. The highest BCUT2D eigenvalue weighted by Crippen LogP contribution is 2.44. The minimum absolute atomic E-state index is 0.522. The average molecular weight is 272 g/mol. The highest BCUT2D eigenvalue weighted by Gasteiger charge is 2.37. The van der Waals surface area contributed by atoms with E-state index in [1.807, 2.05) is 36.4 Å². The monoisotopic (exact) mass is 272 g/mol. The summed E-state index contributed by atoms with van der Waals surface area (Å²) < 4.78 is 0. The largest absolute Gasteiger partial charge is 0.0988 e. The van der Waals surface area contributed by atoms with Crippen LogP contribution in [0.4, 0.5) is 0 Å². The summed E-state index contributed by atoms with van der Waals surface area (Å²) >= 11 is 0. The minimum atomic E-state index is -0.522. The van der Waals surface area contributed by atoms with Crippen LogP contribution in [0.25, 0.3) is 0 Å². The smallest absolute Gasteiger partial charge is 0.0689 e. The molecule has 2 aromatic carbocycles. The fraction of sp³-hybridized carbons (Fsp3) is 0.0476. The van der Waals surface area contributed by atoms with Crippen LogP contribution < -0.4 is 0 Å². The first-order valence-corrected chi connectivity index (χ1v) is 6.92. The molecule has 0 heteroatoms. The van der Waals surface area contributed by atoms with E-state index in [9.17, 15) is 0 Å². The molecule has 0 radical (unpaired) electrons. The molecule has 0 aliphatic rings. The highest BCUT2D eigenvalue weighted by molar-refractivity contribution is 5.60. The second kappa shape index (κ2) is 6.23. The fourth-order valence-corrected chi connectivity index (χ4v) is 2.80. The summed E-state index contributed by atoms with van der Waals surface area (Å²) in [6.07, 6.45) is 3.60. The van der Waals surface area contributed by atoms with Crippen LogP contribution >= 0.6 is 0 Å². The third-order valence-corrected chi connectivity index (χ3v) is 3.87. The van der Waals surface area contributed by atoms with Crippen molar-refractivity contribution < 1.29 is 0 Å². The van der Waals surface area contributed by atoms with Crippen molar-refractivity contribution in [3.63, 3.8) is 0 Å². The Bertz CT molecular complexity index is 598. The molecule has 0 bridgehead atoms. The molecule has 0 aliphatic carbocycles. The van der Waals surface area contributed by atoms with E-state index >= 15 is 0 Å². The number of hydrogen-bond acceptors (Lipinski definition) is 0. The summed E-state index contributed by atoms with van der Waals surface area (Å²) in [5.74, 6) is 0. The molecule has 2 aromatic rings. The van der Waals surface area contributed by atoms with E-state index < -0.39 is 5.41 Å². The van der Waals surface area contributed by atoms with E-state index in [4.69, 9.17) is 0 Å². The van der Waals surface area contributed by atoms with E-state index in [0.29, 0.717) is 0 Å². The lowest BCUT2D eigenvalue weighted by Gasteiger charge is -2.37. The van der Waals surface area contributed by atoms with Gasteiger partial charge in [-0.2, -0.15) is 0 Å². The van der Waals surface area contributed by atoms with Gasteiger partial charge in [0, 0.05) is 0 Å². The van der Waals surface area contributed by atoms with Gasteiger partial charge in [0.25, 0.3) is 0 Å². The van der Waals surface area contributed by atoms with Crippen LogP contribution in [0, 0.1) is 0 Å². The minimum Gasteiger partial charge on any atom is -0.0988 e. The van der Waals surface area contributed by atoms with E-state index in [2.05, 4.69) is 50.6 Å². The SMILES string of the molecule is C=CC(=C)C(C(=C)C=C)(c1ccccc1)c1ccccc1. The molecule has 0 nitrogen and oxygen atoms in total. The molecular formula is C21H20. The van der Waals surface area contributed by atoms with Crippen molar-refractivity contribution in [1.29, 1.82) is 0 Å². The maximum atomic E-state index is 4.24. The van der Waals surface area contributed by atoms with Crippen LogP contribution in [-0.4, -0.2) is 0 Å². The summed E-state index contributed by atoms with van der Waals surface area (Å²) in [6, 6.07) is 20.5. The molecule has 2 rings (SSSR count). The molecule has 104 valence electrons. The molecular weight excluding hydrogens is 252 g/mol. The van der Waals surface area contributed by atoms with E-state index in [1.54, 1.807) is 12.2 Å². The van der Waals surface area contributed by atoms with Gasteiger partial charge in [-0.1, -0.05) is 99.1 Å². The van der Waals surface area contributed by atoms with E-state index in [0.717, 1.165) is 22.3 Å². The first-order chi connectivity index (χ1) is 10.2. The molecule has 0 saturated carbocycles. The van der Waals surface area contributed by atoms with Gasteiger partial charge >= 0.3 is 0 Å². The second-order valence-corrected chi connectivity index (χ2v) is 4.94. The van der Waals surface area contributed by atoms with Crippen molar-refractivity contribution in [2.24, 2.45) is 0 Å². The van der Waals surface area contributed by atoms with Gasteiger partial charge in [0.1, 0.15) is 0 Å². The predicted octanol–water partition coefficient (Wildman–Crippen LogP) is 5.46. The maximum Gasteiger partial charge on any atom is 0.0689 e. The van der Waals surface area contributed by atoms with Gasteiger partial charge < -0.3 is 0 Å². The Kier molecular flexibility index (Phi) is 4.39. The zero-order valence-electron chi connectivity index (χ0n) is 12.3. The zero-order chi connectivity index (χ0) is 15.3. The molecule has 0 aromatic heterocycles. The second-order valence-electron chi connectivity index (χ2n) is 4.94. The molecule has 0 unspecified atom stereocenters. The predicted molar refractivity (Wildman–Crippen MR) is 92.3 cm³/mol. The van der Waals surface area contributed by atoms with Gasteiger partial charge in [0.05, 0.1) is 5.41 Å². The maximum absolute atomic E-state index is 4.24. The molecule has 0 aliphatic heterocycles. The number of rotatable bonds is 6. The van der Waals surface area contributed by atoms with Crippen LogP contribution in [0.15, 0.2) is 110 Å². The molecule has 0 atom stereocenters. The van der Waals surface area contributed by atoms with Gasteiger partial charge in [0.15, 0.2) is 0 Å². The Morgan fingerprint density at radius 2 is 1.00 bits per heavy atom. The zero-order valence-corrected chi connectivity index (χ0v) is 12.3. The Morgan fingerprint density at radius 1 is 0.667 bits per heavy atom. The quantitative estimate of drug-likeness (QED) is 0.613. The lowest BCUT2D eigenvalue weighted by molar-refractivity contribution is 0.749. The van der Waals surface area contributed by atoms with Crippen molar-refractivity contribution in [2.45, 2.75) is 5.41 Å². The summed E-state index contributed by atoms with van der Waals surface area (Å²) in [7, 11) is 0. The summed E-state index contributed by atoms with van der Waals surface area (Å²) in [6.45, 7) is 16.3. The summed E-state index contributed by atoms with van der Waals surface area (Å²) in [4.78, 5) is 0. The van der Waals surface area contributed by atoms with Crippen LogP contribution in [0.2, 0.25) is 0 Å². The van der Waals surface area contributed by atoms with Crippen molar-refractivity contribution in [2.75, 3.05) is 0 Å². The Labute approximate surface area is 127 Å². The van der Waals surface area contributed by atoms with Crippen molar-refractivity contribution in [3.8, 4) is 0 Å². The van der Waals surface area contributed by atoms with Crippen LogP contribution in [0.3, 0.4) is 0 Å². The van der Waals surface area contributed by atoms with Gasteiger partial charge in [-0.05, 0) is 22.3 Å². The Morgan fingerprint density at radius 3 is 1.29 bits per heavy atom. The van der Waals surface area contributed by atoms with Gasteiger partial charge in [-0.3, -0.25) is 0 Å². The number of benzene rings is 2. The lowest BCUT2D eigenvalue weighted by Crippen LogP contribution is -2.30. The topological polar surface area (TPSA) is 0 Å². The van der Waals surface area contributed by atoms with E-state index in [1.165, 1.54) is 0 Å². The molecule has 0 N–H and O–H groups in total. The normalized spacial score (nSPS) is 10.7. The van der Waals surface area contributed by atoms with Crippen molar-refractivity contribution >= 4 is 0 Å². The molecule has 0 saturated heterocycles. The Hall–Kier alpha value is -2.60. The van der Waals surface area contributed by atoms with Gasteiger partial charge in [0.2, 0.25) is 0 Å². The molecule has 0 fully saturated rings. The fourth-order valence-electron chi connectivity index (χ4n) is 2.80. The van der Waals surface area contributed by atoms with Crippen LogP contribution in [-0.2, 0) is 5.41 Å². The summed E-state index contributed by atoms with van der Waals surface area (Å²) in [5, 5.41) is 0. The average Bonchev–Trinajstić information content (AvgIpc) is 2.57. The third kappa shape index (κ3) is 2.41. The van der Waals surface area contributed by atoms with Crippen LogP contribution in [0.1, 0.15) is 11.1 Å². The molecule has 21 heavy (non-hydrogen) atoms. The lowest BCUT2D eigenvalue weighted by atomic mass is 9.65. The molecule has 0 spiro atoms. The van der Waals surface area contributed by atoms with Crippen molar-refractivity contribution in [3.05, 3.63) is 121 Å². The third-order valence-electron chi connectivity index (χ3n) is 3.87. The van der Waals surface area contributed by atoms with E-state index in [-0.39, 0.29) is 0 Å². The van der Waals surface area contributed by atoms with Crippen LogP contribution in [0.5, 0.6) is 0 Å². The highest BCUT2D eigenvalue weighted by atomic mass is 14.4. The first kappa shape index (κ1) is 14.8. The number of hydrogen-bond donors (Lipinski definition) is 0. The van der Waals surface area contributed by atoms with Crippen molar-refractivity contribution in [1.82, 2.24) is 0 Å². The molecule has 0 amide bonds. The number of allylic oxidation sites excluding steroid dienone is 4. The first-order valence-electron chi connectivity index (χ1n) is 6.92.